The van der Waals surface area contributed by atoms with Crippen LogP contribution in [-0.2, 0) is 9.59 Å². The van der Waals surface area contributed by atoms with E-state index in [1.807, 2.05) is 13.8 Å². The maximum absolute atomic E-state index is 11.8. The van der Waals surface area contributed by atoms with Crippen molar-refractivity contribution in [1.29, 1.82) is 0 Å². The van der Waals surface area contributed by atoms with Gasteiger partial charge in [0.2, 0.25) is 11.8 Å². The number of hydrogen-bond acceptors (Lipinski definition) is 3. The van der Waals surface area contributed by atoms with E-state index in [2.05, 4.69) is 5.32 Å². The monoisotopic (exact) mass is 263 g/mol. The lowest BCUT2D eigenvalue weighted by Gasteiger charge is -2.21. The van der Waals surface area contributed by atoms with E-state index >= 15 is 0 Å². The zero-order chi connectivity index (χ0) is 12.1. The largest absolute Gasteiger partial charge is 0.344 e. The Morgan fingerprint density at radius 1 is 1.59 bits per heavy atom. The molecule has 0 aromatic rings. The highest BCUT2D eigenvalue weighted by molar-refractivity contribution is 5.89. The summed E-state index contributed by atoms with van der Waals surface area (Å²) in [6.07, 6.45) is 1.79. The van der Waals surface area contributed by atoms with Gasteiger partial charge >= 0.3 is 0 Å². The van der Waals surface area contributed by atoms with Crippen molar-refractivity contribution in [2.24, 2.45) is 5.73 Å². The molecule has 5 nitrogen and oxygen atoms in total. The second kappa shape index (κ2) is 7.50. The quantitative estimate of drug-likeness (QED) is 0.748. The Bertz CT molecular complexity index is 271. The van der Waals surface area contributed by atoms with Gasteiger partial charge in [0.25, 0.3) is 0 Å². The lowest BCUT2D eigenvalue weighted by molar-refractivity contribution is -0.133. The van der Waals surface area contributed by atoms with Crippen molar-refractivity contribution in [3.8, 4) is 0 Å². The van der Waals surface area contributed by atoms with Crippen LogP contribution in [0, 0.1) is 0 Å². The van der Waals surface area contributed by atoms with E-state index in [4.69, 9.17) is 5.73 Å². The first-order valence-corrected chi connectivity index (χ1v) is 5.86. The van der Waals surface area contributed by atoms with Crippen LogP contribution in [0.3, 0.4) is 0 Å². The molecule has 0 bridgehead atoms. The number of nitrogens with two attached hydrogens (primary N) is 1. The van der Waals surface area contributed by atoms with Gasteiger partial charge < -0.3 is 16.0 Å². The predicted molar refractivity (Wildman–Crippen MR) is 68.9 cm³/mol. The molecule has 1 aliphatic heterocycles. The topological polar surface area (TPSA) is 75.4 Å². The molecule has 2 amide bonds. The summed E-state index contributed by atoms with van der Waals surface area (Å²) in [4.78, 5) is 25.1. The van der Waals surface area contributed by atoms with E-state index in [9.17, 15) is 9.59 Å². The van der Waals surface area contributed by atoms with Crippen LogP contribution in [0.1, 0.15) is 33.1 Å². The molecule has 6 heteroatoms. The van der Waals surface area contributed by atoms with Gasteiger partial charge in [0.1, 0.15) is 6.04 Å². The molecule has 1 saturated heterocycles. The molecular weight excluding hydrogens is 242 g/mol. The zero-order valence-corrected chi connectivity index (χ0v) is 11.3. The van der Waals surface area contributed by atoms with Crippen LogP contribution in [0.2, 0.25) is 0 Å². The van der Waals surface area contributed by atoms with Crippen molar-refractivity contribution >= 4 is 24.2 Å². The Morgan fingerprint density at radius 3 is 2.71 bits per heavy atom. The molecule has 0 radical (unpaired) electrons. The summed E-state index contributed by atoms with van der Waals surface area (Å²) in [6.45, 7) is 5.20. The Labute approximate surface area is 109 Å². The van der Waals surface area contributed by atoms with Crippen LogP contribution in [0.4, 0.5) is 0 Å². The second-order valence-electron chi connectivity index (χ2n) is 4.43. The SMILES string of the molecule is CC(C)N1CCC(NC(=O)CCCN)C1=O.Cl. The van der Waals surface area contributed by atoms with Gasteiger partial charge in [-0.2, -0.15) is 0 Å². The average Bonchev–Trinajstić information content (AvgIpc) is 2.57. The number of nitrogens with zero attached hydrogens (tertiary/aromatic N) is 1. The molecule has 3 N–H and O–H groups in total. The van der Waals surface area contributed by atoms with Crippen LogP contribution >= 0.6 is 12.4 Å². The van der Waals surface area contributed by atoms with Gasteiger partial charge in [-0.25, -0.2) is 0 Å². The number of amides is 2. The van der Waals surface area contributed by atoms with Gasteiger partial charge in [-0.05, 0) is 33.2 Å². The highest BCUT2D eigenvalue weighted by atomic mass is 35.5. The van der Waals surface area contributed by atoms with Crippen LogP contribution < -0.4 is 11.1 Å². The van der Waals surface area contributed by atoms with E-state index in [1.54, 1.807) is 4.90 Å². The molecule has 1 heterocycles. The highest BCUT2D eigenvalue weighted by Gasteiger charge is 2.33. The average molecular weight is 264 g/mol. The number of carbonyl (C=O) groups excluding carboxylic acids is 2. The lowest BCUT2D eigenvalue weighted by Crippen LogP contribution is -2.43. The van der Waals surface area contributed by atoms with Crippen molar-refractivity contribution in [3.05, 3.63) is 0 Å². The summed E-state index contributed by atoms with van der Waals surface area (Å²) in [7, 11) is 0. The van der Waals surface area contributed by atoms with Gasteiger partial charge in [-0.15, -0.1) is 12.4 Å². The Balaban J connectivity index is 0.00000256. The molecule has 17 heavy (non-hydrogen) atoms. The maximum atomic E-state index is 11.8. The number of nitrogens with one attached hydrogen (secondary N) is 1. The van der Waals surface area contributed by atoms with Gasteiger partial charge in [-0.3, -0.25) is 9.59 Å². The fraction of sp³-hybridized carbons (Fsp3) is 0.818. The summed E-state index contributed by atoms with van der Waals surface area (Å²) < 4.78 is 0. The molecule has 1 rings (SSSR count). The molecule has 100 valence electrons. The minimum Gasteiger partial charge on any atom is -0.344 e. The number of likely N-dealkylation sites (tertiary alicyclic amines) is 1. The number of halogens is 1. The van der Waals surface area contributed by atoms with Crippen LogP contribution in [-0.4, -0.2) is 41.9 Å². The summed E-state index contributed by atoms with van der Waals surface area (Å²) in [6, 6.07) is -0.119. The fourth-order valence-electron chi connectivity index (χ4n) is 1.88. The van der Waals surface area contributed by atoms with Gasteiger partial charge in [-0.1, -0.05) is 0 Å². The van der Waals surface area contributed by atoms with E-state index in [1.165, 1.54) is 0 Å². The molecule has 0 aromatic carbocycles. The first-order chi connectivity index (χ1) is 7.56. The molecule has 0 aromatic heterocycles. The molecule has 1 unspecified atom stereocenters. The van der Waals surface area contributed by atoms with Crippen molar-refractivity contribution in [2.45, 2.75) is 45.2 Å². The lowest BCUT2D eigenvalue weighted by atomic mass is 10.2. The van der Waals surface area contributed by atoms with E-state index < -0.39 is 0 Å². The Kier molecular flexibility index (Phi) is 7.15. The first kappa shape index (κ1) is 16.2. The predicted octanol–water partition coefficient (Wildman–Crippen LogP) is 0.273. The molecule has 1 aliphatic rings. The molecular formula is C11H22ClN3O2. The van der Waals surface area contributed by atoms with Crippen molar-refractivity contribution in [3.63, 3.8) is 0 Å². The normalized spacial score (nSPS) is 19.4. The minimum atomic E-state index is -0.326. The summed E-state index contributed by atoms with van der Waals surface area (Å²) in [5.74, 6) is -0.0366. The number of carbonyl (C=O) groups is 2. The van der Waals surface area contributed by atoms with E-state index in [-0.39, 0.29) is 36.3 Å². The summed E-state index contributed by atoms with van der Waals surface area (Å²) in [5.41, 5.74) is 5.32. The van der Waals surface area contributed by atoms with Gasteiger partial charge in [0.15, 0.2) is 0 Å². The highest BCUT2D eigenvalue weighted by Crippen LogP contribution is 2.14. The van der Waals surface area contributed by atoms with E-state index in [0.29, 0.717) is 25.8 Å². The Hall–Kier alpha value is -0.810. The molecule has 1 atom stereocenters. The number of hydrogen-bond donors (Lipinski definition) is 2. The minimum absolute atomic E-state index is 0. The summed E-state index contributed by atoms with van der Waals surface area (Å²) in [5, 5.41) is 2.76. The molecule has 0 saturated carbocycles. The third-order valence-corrected chi connectivity index (χ3v) is 2.81. The van der Waals surface area contributed by atoms with E-state index in [0.717, 1.165) is 6.54 Å². The van der Waals surface area contributed by atoms with Crippen molar-refractivity contribution in [2.75, 3.05) is 13.1 Å². The standard InChI is InChI=1S/C11H21N3O2.ClH/c1-8(2)14-7-5-9(11(14)16)13-10(15)4-3-6-12;/h8-9H,3-7,12H2,1-2H3,(H,13,15);1H. The summed E-state index contributed by atoms with van der Waals surface area (Å²) >= 11 is 0. The first-order valence-electron chi connectivity index (χ1n) is 5.86. The Morgan fingerprint density at radius 2 is 2.24 bits per heavy atom. The smallest absolute Gasteiger partial charge is 0.245 e. The molecule has 1 fully saturated rings. The molecule has 0 aliphatic carbocycles. The van der Waals surface area contributed by atoms with Crippen molar-refractivity contribution in [1.82, 2.24) is 10.2 Å². The van der Waals surface area contributed by atoms with Crippen LogP contribution in [0.5, 0.6) is 0 Å². The molecule has 0 spiro atoms. The van der Waals surface area contributed by atoms with Gasteiger partial charge in [0.05, 0.1) is 0 Å². The third kappa shape index (κ3) is 4.52. The van der Waals surface area contributed by atoms with Crippen LogP contribution in [0.15, 0.2) is 0 Å². The zero-order valence-electron chi connectivity index (χ0n) is 10.4. The fourth-order valence-corrected chi connectivity index (χ4v) is 1.88. The third-order valence-electron chi connectivity index (χ3n) is 2.81. The maximum Gasteiger partial charge on any atom is 0.245 e. The second-order valence-corrected chi connectivity index (χ2v) is 4.43. The van der Waals surface area contributed by atoms with Crippen molar-refractivity contribution < 1.29 is 9.59 Å². The number of rotatable bonds is 5. The van der Waals surface area contributed by atoms with Crippen LogP contribution in [0.25, 0.3) is 0 Å². The van der Waals surface area contributed by atoms with Gasteiger partial charge in [0, 0.05) is 19.0 Å².